The predicted octanol–water partition coefficient (Wildman–Crippen LogP) is 2.37. The number of ether oxygens (including phenoxy) is 2. The standard InChI is InChI=1S/C20H18N2O5S2/c23-17(13-4-2-1-3-5-13)9-28-20-21-15-10-29(24,25)11-16(15)22(20)14-6-7-18-19(8-14)27-12-26-18/h1-8,15-16H,9-12H2. The highest BCUT2D eigenvalue weighted by atomic mass is 32.2. The summed E-state index contributed by atoms with van der Waals surface area (Å²) in [6.45, 7) is 0.167. The van der Waals surface area contributed by atoms with Crippen molar-refractivity contribution in [3.8, 4) is 11.5 Å². The molecule has 0 radical (unpaired) electrons. The number of carbonyl (C=O) groups excluding carboxylic acids is 1. The minimum absolute atomic E-state index is 0.00798. The zero-order chi connectivity index (χ0) is 20.0. The first-order chi connectivity index (χ1) is 14.0. The molecule has 2 unspecified atom stereocenters. The van der Waals surface area contributed by atoms with Crippen molar-refractivity contribution in [2.75, 3.05) is 29.0 Å². The maximum Gasteiger partial charge on any atom is 0.231 e. The highest BCUT2D eigenvalue weighted by Crippen LogP contribution is 2.40. The number of rotatable bonds is 4. The number of sulfone groups is 1. The lowest BCUT2D eigenvalue weighted by Gasteiger charge is -2.26. The van der Waals surface area contributed by atoms with E-state index in [0.29, 0.717) is 22.2 Å². The number of benzene rings is 2. The van der Waals surface area contributed by atoms with Crippen LogP contribution in [0.2, 0.25) is 0 Å². The van der Waals surface area contributed by atoms with Gasteiger partial charge < -0.3 is 14.4 Å². The van der Waals surface area contributed by atoms with Gasteiger partial charge in [-0.05, 0) is 12.1 Å². The third-order valence-corrected chi connectivity index (χ3v) is 7.84. The number of hydrogen-bond acceptors (Lipinski definition) is 8. The molecule has 3 aliphatic heterocycles. The predicted molar refractivity (Wildman–Crippen MR) is 112 cm³/mol. The lowest BCUT2D eigenvalue weighted by atomic mass is 10.1. The summed E-state index contributed by atoms with van der Waals surface area (Å²) in [4.78, 5) is 19.1. The molecule has 1 saturated heterocycles. The van der Waals surface area contributed by atoms with Crippen molar-refractivity contribution in [2.45, 2.75) is 12.1 Å². The van der Waals surface area contributed by atoms with Crippen LogP contribution < -0.4 is 14.4 Å². The maximum atomic E-state index is 12.5. The Morgan fingerprint density at radius 1 is 1.10 bits per heavy atom. The van der Waals surface area contributed by atoms with Crippen molar-refractivity contribution in [1.82, 2.24) is 0 Å². The van der Waals surface area contributed by atoms with E-state index < -0.39 is 9.84 Å². The van der Waals surface area contributed by atoms with Crippen molar-refractivity contribution in [2.24, 2.45) is 4.99 Å². The summed E-state index contributed by atoms with van der Waals surface area (Å²) in [5.41, 5.74) is 1.44. The lowest BCUT2D eigenvalue weighted by Crippen LogP contribution is -2.39. The summed E-state index contributed by atoms with van der Waals surface area (Å²) in [5, 5.41) is 0.665. The number of nitrogens with zero attached hydrogens (tertiary/aromatic N) is 2. The van der Waals surface area contributed by atoms with Crippen molar-refractivity contribution < 1.29 is 22.7 Å². The molecule has 2 atom stereocenters. The van der Waals surface area contributed by atoms with E-state index in [0.717, 1.165) is 5.69 Å². The average Bonchev–Trinajstić information content (AvgIpc) is 3.37. The largest absolute Gasteiger partial charge is 0.454 e. The molecule has 29 heavy (non-hydrogen) atoms. The van der Waals surface area contributed by atoms with E-state index in [2.05, 4.69) is 4.99 Å². The van der Waals surface area contributed by atoms with E-state index >= 15 is 0 Å². The van der Waals surface area contributed by atoms with Gasteiger partial charge in [-0.3, -0.25) is 9.79 Å². The average molecular weight is 431 g/mol. The van der Waals surface area contributed by atoms with Crippen LogP contribution >= 0.6 is 11.8 Å². The second kappa shape index (κ2) is 7.07. The second-order valence-electron chi connectivity index (χ2n) is 7.11. The topological polar surface area (TPSA) is 85.3 Å². The van der Waals surface area contributed by atoms with Crippen LogP contribution in [0.1, 0.15) is 10.4 Å². The normalized spacial score (nSPS) is 23.7. The van der Waals surface area contributed by atoms with Gasteiger partial charge in [0.05, 0.1) is 29.3 Å². The van der Waals surface area contributed by atoms with Crippen LogP contribution in [0.4, 0.5) is 5.69 Å². The summed E-state index contributed by atoms with van der Waals surface area (Å²) in [6.07, 6.45) is 0. The third-order valence-electron chi connectivity index (χ3n) is 5.17. The molecule has 2 aromatic carbocycles. The molecule has 3 heterocycles. The van der Waals surface area contributed by atoms with E-state index in [1.807, 2.05) is 41.3 Å². The first-order valence-electron chi connectivity index (χ1n) is 9.18. The van der Waals surface area contributed by atoms with Gasteiger partial charge >= 0.3 is 0 Å². The molecule has 9 heteroatoms. The van der Waals surface area contributed by atoms with E-state index in [1.165, 1.54) is 11.8 Å². The maximum absolute atomic E-state index is 12.5. The first-order valence-corrected chi connectivity index (χ1v) is 12.0. The quantitative estimate of drug-likeness (QED) is 0.689. The fourth-order valence-electron chi connectivity index (χ4n) is 3.81. The molecular formula is C20H18N2O5S2. The molecule has 3 aliphatic rings. The summed E-state index contributed by atoms with van der Waals surface area (Å²) >= 11 is 1.34. The van der Waals surface area contributed by atoms with Crippen LogP contribution in [0.3, 0.4) is 0 Å². The van der Waals surface area contributed by atoms with Gasteiger partial charge in [0.15, 0.2) is 32.3 Å². The van der Waals surface area contributed by atoms with Crippen molar-refractivity contribution >= 4 is 38.2 Å². The second-order valence-corrected chi connectivity index (χ2v) is 10.2. The SMILES string of the molecule is O=C(CSC1=NC2CS(=O)(=O)CC2N1c1ccc2c(c1)OCO2)c1ccccc1. The monoisotopic (exact) mass is 430 g/mol. The molecule has 0 aliphatic carbocycles. The minimum atomic E-state index is -3.14. The molecule has 7 nitrogen and oxygen atoms in total. The van der Waals surface area contributed by atoms with Crippen LogP contribution in [-0.4, -0.2) is 55.5 Å². The van der Waals surface area contributed by atoms with Gasteiger partial charge in [0.1, 0.15) is 0 Å². The summed E-state index contributed by atoms with van der Waals surface area (Å²) in [6, 6.07) is 14.0. The minimum Gasteiger partial charge on any atom is -0.454 e. The van der Waals surface area contributed by atoms with Crippen molar-refractivity contribution in [3.63, 3.8) is 0 Å². The Kier molecular flexibility index (Phi) is 4.51. The number of hydrogen-bond donors (Lipinski definition) is 0. The fraction of sp³-hybridized carbons (Fsp3) is 0.300. The Bertz CT molecular complexity index is 1100. The summed E-state index contributed by atoms with van der Waals surface area (Å²) < 4.78 is 35.2. The van der Waals surface area contributed by atoms with Gasteiger partial charge in [-0.1, -0.05) is 42.1 Å². The Morgan fingerprint density at radius 3 is 2.72 bits per heavy atom. The van der Waals surface area contributed by atoms with Crippen molar-refractivity contribution in [1.29, 1.82) is 0 Å². The van der Waals surface area contributed by atoms with Gasteiger partial charge in [-0.2, -0.15) is 0 Å². The molecule has 0 N–H and O–H groups in total. The van der Waals surface area contributed by atoms with Gasteiger partial charge in [-0.15, -0.1) is 0 Å². The highest BCUT2D eigenvalue weighted by molar-refractivity contribution is 8.14. The zero-order valence-electron chi connectivity index (χ0n) is 15.4. The first kappa shape index (κ1) is 18.5. The Labute approximate surface area is 172 Å². The van der Waals surface area contributed by atoms with Crippen LogP contribution in [0.5, 0.6) is 11.5 Å². The summed E-state index contributed by atoms with van der Waals surface area (Å²) in [7, 11) is -3.14. The van der Waals surface area contributed by atoms with Gasteiger partial charge in [-0.25, -0.2) is 8.42 Å². The number of ketones is 1. The smallest absolute Gasteiger partial charge is 0.231 e. The fourth-order valence-corrected chi connectivity index (χ4v) is 6.67. The van der Waals surface area contributed by atoms with Crippen LogP contribution in [0, 0.1) is 0 Å². The molecule has 1 fully saturated rings. The number of anilines is 1. The molecule has 0 saturated carbocycles. The van der Waals surface area contributed by atoms with E-state index in [4.69, 9.17) is 9.47 Å². The Balaban J connectivity index is 1.42. The third kappa shape index (κ3) is 3.49. The number of Topliss-reactive ketones (excluding diaryl/α,β-unsaturated/α-hetero) is 1. The molecule has 5 rings (SSSR count). The Morgan fingerprint density at radius 2 is 1.90 bits per heavy atom. The number of aliphatic imine (C=N–C) groups is 1. The Hall–Kier alpha value is -2.52. The van der Waals surface area contributed by atoms with E-state index in [9.17, 15) is 13.2 Å². The molecule has 0 amide bonds. The molecule has 0 spiro atoms. The molecule has 150 valence electrons. The number of amidine groups is 1. The van der Waals surface area contributed by atoms with Crippen LogP contribution in [0.15, 0.2) is 53.5 Å². The van der Waals surface area contributed by atoms with Gasteiger partial charge in [0.2, 0.25) is 6.79 Å². The number of fused-ring (bicyclic) bond motifs is 2. The van der Waals surface area contributed by atoms with E-state index in [-0.39, 0.29) is 41.9 Å². The van der Waals surface area contributed by atoms with Gasteiger partial charge in [0.25, 0.3) is 0 Å². The van der Waals surface area contributed by atoms with Gasteiger partial charge in [0, 0.05) is 17.3 Å². The lowest BCUT2D eigenvalue weighted by molar-refractivity contribution is 0.102. The summed E-state index contributed by atoms with van der Waals surface area (Å²) in [5.74, 6) is 1.61. The highest BCUT2D eigenvalue weighted by Gasteiger charge is 2.47. The van der Waals surface area contributed by atoms with E-state index in [1.54, 1.807) is 12.1 Å². The van der Waals surface area contributed by atoms with Crippen LogP contribution in [0.25, 0.3) is 0 Å². The van der Waals surface area contributed by atoms with Crippen molar-refractivity contribution in [3.05, 3.63) is 54.1 Å². The molecule has 2 aromatic rings. The molecule has 0 bridgehead atoms. The number of carbonyl (C=O) groups is 1. The zero-order valence-corrected chi connectivity index (χ0v) is 17.0. The van der Waals surface area contributed by atoms with Crippen LogP contribution in [-0.2, 0) is 9.84 Å². The molecule has 0 aromatic heterocycles. The number of thioether (sulfide) groups is 1. The molecular weight excluding hydrogens is 412 g/mol.